The summed E-state index contributed by atoms with van der Waals surface area (Å²) in [7, 11) is -1.35. The molecule has 0 aliphatic carbocycles. The number of nitrogens with zero attached hydrogens (tertiary/aromatic N) is 2. The quantitative estimate of drug-likeness (QED) is 0.793. The number of amides is 1. The van der Waals surface area contributed by atoms with E-state index < -0.39 is 9.84 Å². The third-order valence-corrected chi connectivity index (χ3v) is 6.39. The molecule has 0 N–H and O–H groups in total. The van der Waals surface area contributed by atoms with E-state index in [1.807, 2.05) is 12.1 Å². The van der Waals surface area contributed by atoms with Gasteiger partial charge in [-0.3, -0.25) is 4.79 Å². The Morgan fingerprint density at radius 3 is 2.72 bits per heavy atom. The zero-order valence-corrected chi connectivity index (χ0v) is 15.4. The smallest absolute Gasteiger partial charge is 0.223 e. The summed E-state index contributed by atoms with van der Waals surface area (Å²) < 4.78 is 28.7. The molecule has 8 heteroatoms. The second-order valence-electron chi connectivity index (χ2n) is 6.19. The molecule has 1 fully saturated rings. The lowest BCUT2D eigenvalue weighted by Gasteiger charge is -2.23. The molecule has 6 nitrogen and oxygen atoms in total. The van der Waals surface area contributed by atoms with Gasteiger partial charge in [0, 0.05) is 36.5 Å². The topological polar surface area (TPSA) is 80.5 Å². The maximum absolute atomic E-state index is 12.3. The minimum absolute atomic E-state index is 0.0506. The monoisotopic (exact) mass is 382 g/mol. The van der Waals surface area contributed by atoms with E-state index in [9.17, 15) is 13.2 Å². The first-order chi connectivity index (χ1) is 11.8. The Morgan fingerprint density at radius 1 is 1.36 bits per heavy atom. The van der Waals surface area contributed by atoms with Gasteiger partial charge in [-0.1, -0.05) is 11.6 Å². The van der Waals surface area contributed by atoms with E-state index in [2.05, 4.69) is 4.98 Å². The number of sulfone groups is 1. The van der Waals surface area contributed by atoms with Crippen molar-refractivity contribution in [2.45, 2.75) is 25.3 Å². The Morgan fingerprint density at radius 2 is 2.08 bits per heavy atom. The summed E-state index contributed by atoms with van der Waals surface area (Å²) in [5.41, 5.74) is 0.864. The standard InChI is InChI=1S/C17H19ClN2O4S/c1-20(14-8-9-25(22,23)11-14)17(21)7-6-16-19-10-15(24-16)12-2-4-13(18)5-3-12/h2-5,10,14H,6-9,11H2,1H3. The summed E-state index contributed by atoms with van der Waals surface area (Å²) in [6.45, 7) is 0. The Bertz CT molecular complexity index is 861. The molecule has 2 heterocycles. The second-order valence-corrected chi connectivity index (χ2v) is 8.85. The number of oxazole rings is 1. The molecule has 0 bridgehead atoms. The molecule has 0 spiro atoms. The molecule has 1 aliphatic heterocycles. The van der Waals surface area contributed by atoms with Crippen LogP contribution in [0.3, 0.4) is 0 Å². The first-order valence-electron chi connectivity index (χ1n) is 8.01. The Balaban J connectivity index is 1.57. The summed E-state index contributed by atoms with van der Waals surface area (Å²) >= 11 is 5.86. The third kappa shape index (κ3) is 4.41. The van der Waals surface area contributed by atoms with Gasteiger partial charge in [0.1, 0.15) is 0 Å². The van der Waals surface area contributed by atoms with Crippen LogP contribution in [-0.2, 0) is 21.1 Å². The number of benzene rings is 1. The molecule has 1 aliphatic rings. The van der Waals surface area contributed by atoms with Crippen molar-refractivity contribution in [3.8, 4) is 11.3 Å². The van der Waals surface area contributed by atoms with Crippen LogP contribution in [0.5, 0.6) is 0 Å². The predicted molar refractivity (Wildman–Crippen MR) is 95.1 cm³/mol. The first kappa shape index (κ1) is 17.9. The lowest BCUT2D eigenvalue weighted by atomic mass is 10.2. The minimum Gasteiger partial charge on any atom is -0.441 e. The summed E-state index contributed by atoms with van der Waals surface area (Å²) in [6, 6.07) is 6.99. The fourth-order valence-electron chi connectivity index (χ4n) is 2.85. The molecule has 1 aromatic carbocycles. The van der Waals surface area contributed by atoms with Crippen LogP contribution in [0.15, 0.2) is 34.9 Å². The number of carbonyl (C=O) groups is 1. The van der Waals surface area contributed by atoms with Gasteiger partial charge in [0.05, 0.1) is 17.7 Å². The van der Waals surface area contributed by atoms with E-state index in [-0.39, 0.29) is 29.9 Å². The van der Waals surface area contributed by atoms with Crippen LogP contribution in [0.2, 0.25) is 5.02 Å². The van der Waals surface area contributed by atoms with Gasteiger partial charge < -0.3 is 9.32 Å². The normalized spacial score (nSPS) is 19.0. The van der Waals surface area contributed by atoms with Gasteiger partial charge in [-0.2, -0.15) is 0 Å². The molecule has 1 unspecified atom stereocenters. The van der Waals surface area contributed by atoms with Crippen LogP contribution in [-0.4, -0.2) is 48.8 Å². The van der Waals surface area contributed by atoms with Crippen molar-refractivity contribution in [3.63, 3.8) is 0 Å². The molecule has 1 aromatic heterocycles. The zero-order valence-electron chi connectivity index (χ0n) is 13.8. The summed E-state index contributed by atoms with van der Waals surface area (Å²) in [4.78, 5) is 18.0. The van der Waals surface area contributed by atoms with Gasteiger partial charge in [-0.15, -0.1) is 0 Å². The maximum Gasteiger partial charge on any atom is 0.223 e. The molecular formula is C17H19ClN2O4S. The Kier molecular flexibility index (Phi) is 5.15. The molecule has 0 saturated carbocycles. The number of carbonyl (C=O) groups excluding carboxylic acids is 1. The zero-order chi connectivity index (χ0) is 18.0. The maximum atomic E-state index is 12.3. The second kappa shape index (κ2) is 7.17. The molecule has 1 amide bonds. The number of hydrogen-bond acceptors (Lipinski definition) is 5. The van der Waals surface area contributed by atoms with Crippen LogP contribution < -0.4 is 0 Å². The van der Waals surface area contributed by atoms with Gasteiger partial charge in [0.25, 0.3) is 0 Å². The lowest BCUT2D eigenvalue weighted by molar-refractivity contribution is -0.131. The van der Waals surface area contributed by atoms with Crippen LogP contribution in [0, 0.1) is 0 Å². The van der Waals surface area contributed by atoms with Gasteiger partial charge in [0.15, 0.2) is 21.5 Å². The van der Waals surface area contributed by atoms with Crippen molar-refractivity contribution in [1.29, 1.82) is 0 Å². The summed E-state index contributed by atoms with van der Waals surface area (Å²) in [5.74, 6) is 1.20. The number of aryl methyl sites for hydroxylation is 1. The molecule has 2 aromatic rings. The van der Waals surface area contributed by atoms with Gasteiger partial charge in [-0.05, 0) is 30.7 Å². The number of rotatable bonds is 5. The fourth-order valence-corrected chi connectivity index (χ4v) is 4.75. The SMILES string of the molecule is CN(C(=O)CCc1ncc(-c2ccc(Cl)cc2)o1)C1CCS(=O)(=O)C1. The van der Waals surface area contributed by atoms with Crippen molar-refractivity contribution in [2.75, 3.05) is 18.6 Å². The molecule has 134 valence electrons. The fraction of sp³-hybridized carbons (Fsp3) is 0.412. The summed E-state index contributed by atoms with van der Waals surface area (Å²) in [5, 5.41) is 0.644. The average molecular weight is 383 g/mol. The molecule has 1 saturated heterocycles. The number of halogens is 1. The number of hydrogen-bond donors (Lipinski definition) is 0. The van der Waals surface area contributed by atoms with E-state index >= 15 is 0 Å². The highest BCUT2D eigenvalue weighted by Crippen LogP contribution is 2.23. The highest BCUT2D eigenvalue weighted by molar-refractivity contribution is 7.91. The van der Waals surface area contributed by atoms with E-state index in [0.29, 0.717) is 29.5 Å². The lowest BCUT2D eigenvalue weighted by Crippen LogP contribution is -2.37. The largest absolute Gasteiger partial charge is 0.441 e. The highest BCUT2D eigenvalue weighted by atomic mass is 35.5. The van der Waals surface area contributed by atoms with E-state index in [1.54, 1.807) is 25.4 Å². The Labute approximate surface area is 151 Å². The van der Waals surface area contributed by atoms with Crippen LogP contribution in [0.4, 0.5) is 0 Å². The highest BCUT2D eigenvalue weighted by Gasteiger charge is 2.32. The molecule has 3 rings (SSSR count). The first-order valence-corrected chi connectivity index (χ1v) is 10.2. The number of aromatic nitrogens is 1. The van der Waals surface area contributed by atoms with E-state index in [1.165, 1.54) is 4.90 Å². The van der Waals surface area contributed by atoms with E-state index in [0.717, 1.165) is 5.56 Å². The van der Waals surface area contributed by atoms with Crippen molar-refractivity contribution in [2.24, 2.45) is 0 Å². The molecule has 25 heavy (non-hydrogen) atoms. The average Bonchev–Trinajstić information content (AvgIpc) is 3.19. The van der Waals surface area contributed by atoms with Crippen molar-refractivity contribution in [1.82, 2.24) is 9.88 Å². The third-order valence-electron chi connectivity index (χ3n) is 4.38. The van der Waals surface area contributed by atoms with Gasteiger partial charge >= 0.3 is 0 Å². The van der Waals surface area contributed by atoms with Crippen molar-refractivity contribution in [3.05, 3.63) is 41.4 Å². The van der Waals surface area contributed by atoms with Crippen LogP contribution in [0.1, 0.15) is 18.7 Å². The predicted octanol–water partition coefficient (Wildman–Crippen LogP) is 2.57. The Hall–Kier alpha value is -1.86. The van der Waals surface area contributed by atoms with Crippen LogP contribution in [0.25, 0.3) is 11.3 Å². The molecular weight excluding hydrogens is 364 g/mol. The van der Waals surface area contributed by atoms with Gasteiger partial charge in [-0.25, -0.2) is 13.4 Å². The summed E-state index contributed by atoms with van der Waals surface area (Å²) in [6.07, 6.45) is 2.73. The molecule has 0 radical (unpaired) electrons. The van der Waals surface area contributed by atoms with Crippen LogP contribution >= 0.6 is 11.6 Å². The van der Waals surface area contributed by atoms with Crippen molar-refractivity contribution < 1.29 is 17.6 Å². The van der Waals surface area contributed by atoms with E-state index in [4.69, 9.17) is 16.0 Å². The minimum atomic E-state index is -3.01. The molecule has 1 atom stereocenters. The van der Waals surface area contributed by atoms with Crippen molar-refractivity contribution >= 4 is 27.3 Å². The van der Waals surface area contributed by atoms with Gasteiger partial charge in [0.2, 0.25) is 5.91 Å².